The minimum atomic E-state index is -0.528. The Morgan fingerprint density at radius 3 is 2.71 bits per heavy atom. The molecule has 0 aromatic heterocycles. The lowest BCUT2D eigenvalue weighted by Gasteiger charge is -2.19. The molecule has 1 rings (SSSR count). The number of hydrogen-bond acceptors (Lipinski definition) is 2. The Kier molecular flexibility index (Phi) is 6.04. The molecular formula is C16H19ClFNO2. The smallest absolute Gasteiger partial charge is 0.407 e. The molecule has 1 aromatic carbocycles. The van der Waals surface area contributed by atoms with Crippen LogP contribution in [0.5, 0.6) is 0 Å². The minimum absolute atomic E-state index is 0.300. The van der Waals surface area contributed by atoms with Crippen molar-refractivity contribution >= 4 is 17.7 Å². The average Bonchev–Trinajstić information content (AvgIpc) is 2.32. The summed E-state index contributed by atoms with van der Waals surface area (Å²) in [4.78, 5) is 11.4. The van der Waals surface area contributed by atoms with E-state index in [1.54, 1.807) is 33.8 Å². The molecule has 5 heteroatoms. The van der Waals surface area contributed by atoms with Crippen LogP contribution in [0, 0.1) is 24.6 Å². The van der Waals surface area contributed by atoms with Gasteiger partial charge in [0.2, 0.25) is 0 Å². The summed E-state index contributed by atoms with van der Waals surface area (Å²) in [7, 11) is 0. The van der Waals surface area contributed by atoms with Crippen molar-refractivity contribution < 1.29 is 13.9 Å². The summed E-state index contributed by atoms with van der Waals surface area (Å²) in [6.45, 7) is 7.50. The zero-order valence-electron chi connectivity index (χ0n) is 12.6. The van der Waals surface area contributed by atoms with Gasteiger partial charge in [0.1, 0.15) is 11.4 Å². The summed E-state index contributed by atoms with van der Waals surface area (Å²) in [5, 5.41) is 2.96. The summed E-state index contributed by atoms with van der Waals surface area (Å²) in [6.07, 6.45) is -0.0850. The van der Waals surface area contributed by atoms with Crippen molar-refractivity contribution in [1.82, 2.24) is 5.32 Å². The molecule has 1 aromatic rings. The third-order valence-electron chi connectivity index (χ3n) is 2.39. The van der Waals surface area contributed by atoms with Crippen LogP contribution in [0.25, 0.3) is 0 Å². The number of amides is 1. The topological polar surface area (TPSA) is 38.3 Å². The molecule has 0 spiro atoms. The SMILES string of the molecule is Cc1cc(C#CCCNC(=O)OC(C)(C)C)c(F)cc1Cl. The van der Waals surface area contributed by atoms with Crippen LogP contribution in [0.4, 0.5) is 9.18 Å². The Labute approximate surface area is 129 Å². The maximum atomic E-state index is 13.6. The second kappa shape index (κ2) is 7.33. The van der Waals surface area contributed by atoms with Gasteiger partial charge in [0.15, 0.2) is 0 Å². The van der Waals surface area contributed by atoms with Gasteiger partial charge < -0.3 is 10.1 Å². The summed E-state index contributed by atoms with van der Waals surface area (Å²) in [5.74, 6) is 5.09. The number of nitrogens with one attached hydrogen (secondary N) is 1. The first-order chi connectivity index (χ1) is 9.69. The molecule has 0 atom stereocenters. The third-order valence-corrected chi connectivity index (χ3v) is 2.80. The maximum absolute atomic E-state index is 13.6. The van der Waals surface area contributed by atoms with Crippen LogP contribution < -0.4 is 5.32 Å². The van der Waals surface area contributed by atoms with E-state index >= 15 is 0 Å². The quantitative estimate of drug-likeness (QED) is 0.661. The van der Waals surface area contributed by atoms with Gasteiger partial charge in [0.25, 0.3) is 0 Å². The predicted octanol–water partition coefficient (Wildman–Crippen LogP) is 4.05. The molecular weight excluding hydrogens is 293 g/mol. The fourth-order valence-electron chi connectivity index (χ4n) is 1.45. The van der Waals surface area contributed by atoms with Gasteiger partial charge in [-0.2, -0.15) is 0 Å². The average molecular weight is 312 g/mol. The van der Waals surface area contributed by atoms with Gasteiger partial charge in [-0.05, 0) is 45.4 Å². The van der Waals surface area contributed by atoms with Crippen LogP contribution >= 0.6 is 11.6 Å². The lowest BCUT2D eigenvalue weighted by Crippen LogP contribution is -2.32. The molecule has 0 saturated carbocycles. The van der Waals surface area contributed by atoms with Crippen molar-refractivity contribution in [3.05, 3.63) is 34.1 Å². The Morgan fingerprint density at radius 2 is 2.10 bits per heavy atom. The van der Waals surface area contributed by atoms with E-state index in [1.807, 2.05) is 0 Å². The van der Waals surface area contributed by atoms with Gasteiger partial charge in [-0.3, -0.25) is 0 Å². The van der Waals surface area contributed by atoms with E-state index in [1.165, 1.54) is 6.07 Å². The van der Waals surface area contributed by atoms with Crippen molar-refractivity contribution in [1.29, 1.82) is 0 Å². The normalized spacial score (nSPS) is 10.6. The van der Waals surface area contributed by atoms with Gasteiger partial charge in [-0.15, -0.1) is 0 Å². The van der Waals surface area contributed by atoms with Crippen LogP contribution in [0.3, 0.4) is 0 Å². The lowest BCUT2D eigenvalue weighted by molar-refractivity contribution is 0.0529. The summed E-state index contributed by atoms with van der Waals surface area (Å²) in [5.41, 5.74) is 0.545. The van der Waals surface area contributed by atoms with Gasteiger partial charge in [0.05, 0.1) is 5.56 Å². The lowest BCUT2D eigenvalue weighted by atomic mass is 10.1. The van der Waals surface area contributed by atoms with E-state index in [-0.39, 0.29) is 0 Å². The Morgan fingerprint density at radius 1 is 1.43 bits per heavy atom. The zero-order chi connectivity index (χ0) is 16.0. The fraction of sp³-hybridized carbons (Fsp3) is 0.438. The fourth-order valence-corrected chi connectivity index (χ4v) is 1.60. The second-order valence-corrected chi connectivity index (χ2v) is 5.97. The molecule has 1 amide bonds. The minimum Gasteiger partial charge on any atom is -0.444 e. The van der Waals surface area contributed by atoms with E-state index < -0.39 is 17.5 Å². The first kappa shape index (κ1) is 17.3. The molecule has 0 aliphatic rings. The van der Waals surface area contributed by atoms with Crippen LogP contribution in [0.1, 0.15) is 38.3 Å². The van der Waals surface area contributed by atoms with Crippen molar-refractivity contribution in [3.63, 3.8) is 0 Å². The van der Waals surface area contributed by atoms with Gasteiger partial charge in [-0.25, -0.2) is 9.18 Å². The van der Waals surface area contributed by atoms with Crippen molar-refractivity contribution in [2.45, 2.75) is 39.7 Å². The molecule has 0 heterocycles. The molecule has 0 aliphatic heterocycles. The van der Waals surface area contributed by atoms with Crippen LogP contribution in [-0.2, 0) is 4.74 Å². The highest BCUT2D eigenvalue weighted by molar-refractivity contribution is 6.31. The highest BCUT2D eigenvalue weighted by Gasteiger charge is 2.15. The molecule has 0 aliphatic carbocycles. The second-order valence-electron chi connectivity index (χ2n) is 5.56. The maximum Gasteiger partial charge on any atom is 0.407 e. The van der Waals surface area contributed by atoms with Gasteiger partial charge >= 0.3 is 6.09 Å². The monoisotopic (exact) mass is 311 g/mol. The summed E-state index contributed by atoms with van der Waals surface area (Å²) >= 11 is 5.81. The molecule has 0 saturated heterocycles. The van der Waals surface area contributed by atoms with Crippen molar-refractivity contribution in [2.24, 2.45) is 0 Å². The van der Waals surface area contributed by atoms with E-state index in [9.17, 15) is 9.18 Å². The number of alkyl carbamates (subject to hydrolysis) is 1. The Hall–Kier alpha value is -1.73. The van der Waals surface area contributed by atoms with Crippen LogP contribution in [-0.4, -0.2) is 18.2 Å². The molecule has 0 radical (unpaired) electrons. The van der Waals surface area contributed by atoms with Crippen LogP contribution in [0.15, 0.2) is 12.1 Å². The predicted molar refractivity (Wildman–Crippen MR) is 81.9 cm³/mol. The van der Waals surface area contributed by atoms with E-state index in [4.69, 9.17) is 16.3 Å². The van der Waals surface area contributed by atoms with Crippen molar-refractivity contribution in [2.75, 3.05) is 6.54 Å². The molecule has 3 nitrogen and oxygen atoms in total. The third kappa shape index (κ3) is 6.50. The number of ether oxygens (including phenoxy) is 1. The number of carbonyl (C=O) groups excluding carboxylic acids is 1. The molecule has 0 fully saturated rings. The molecule has 21 heavy (non-hydrogen) atoms. The molecule has 114 valence electrons. The number of aryl methyl sites for hydroxylation is 1. The summed E-state index contributed by atoms with van der Waals surface area (Å²) < 4.78 is 18.7. The number of hydrogen-bond donors (Lipinski definition) is 1. The number of carbonyl (C=O) groups is 1. The van der Waals surface area contributed by atoms with Crippen molar-refractivity contribution in [3.8, 4) is 11.8 Å². The first-order valence-corrected chi connectivity index (χ1v) is 6.98. The zero-order valence-corrected chi connectivity index (χ0v) is 13.4. The highest BCUT2D eigenvalue weighted by Crippen LogP contribution is 2.19. The Balaban J connectivity index is 2.48. The first-order valence-electron chi connectivity index (χ1n) is 6.60. The molecule has 0 unspecified atom stereocenters. The highest BCUT2D eigenvalue weighted by atomic mass is 35.5. The van der Waals surface area contributed by atoms with Crippen LogP contribution in [0.2, 0.25) is 5.02 Å². The standard InChI is InChI=1S/C16H19ClFNO2/c1-11-9-12(14(18)10-13(11)17)7-5-6-8-19-15(20)21-16(2,3)4/h9-10H,6,8H2,1-4H3,(H,19,20). The number of rotatable bonds is 2. The van der Waals surface area contributed by atoms with E-state index in [0.717, 1.165) is 5.56 Å². The molecule has 0 bridgehead atoms. The summed E-state index contributed by atoms with van der Waals surface area (Å²) in [6, 6.07) is 2.85. The largest absolute Gasteiger partial charge is 0.444 e. The van der Waals surface area contributed by atoms with Gasteiger partial charge in [-0.1, -0.05) is 23.4 Å². The Bertz CT molecular complexity index is 582. The van der Waals surface area contributed by atoms with E-state index in [2.05, 4.69) is 17.2 Å². The number of halogens is 2. The van der Waals surface area contributed by atoms with Gasteiger partial charge in [0, 0.05) is 18.0 Å². The van der Waals surface area contributed by atoms with E-state index in [0.29, 0.717) is 23.6 Å². The number of benzene rings is 1. The molecule has 1 N–H and O–H groups in total.